The molecule has 0 aliphatic carbocycles. The average Bonchev–Trinajstić information content (AvgIpc) is 2.22. The molecular weight excluding hydrogens is 184 g/mol. The van der Waals surface area contributed by atoms with Crippen LogP contribution >= 0.6 is 0 Å². The predicted molar refractivity (Wildman–Crippen MR) is 66.7 cm³/mol. The Kier molecular flexibility index (Phi) is 4.81. The number of rotatable bonds is 5. The summed E-state index contributed by atoms with van der Waals surface area (Å²) in [6.07, 6.45) is 2.05. The highest BCUT2D eigenvalue weighted by atomic mass is 14.9. The summed E-state index contributed by atoms with van der Waals surface area (Å²) < 4.78 is 0. The van der Waals surface area contributed by atoms with E-state index in [0.29, 0.717) is 6.54 Å². The van der Waals surface area contributed by atoms with Gasteiger partial charge in [0.25, 0.3) is 0 Å². The van der Waals surface area contributed by atoms with Crippen molar-refractivity contribution in [1.82, 2.24) is 5.32 Å². The quantitative estimate of drug-likeness (QED) is 0.659. The lowest BCUT2D eigenvalue weighted by atomic mass is 10.2. The van der Waals surface area contributed by atoms with E-state index in [2.05, 4.69) is 18.5 Å². The topological polar surface area (TPSA) is 38.0 Å². The minimum absolute atomic E-state index is 0.652. The van der Waals surface area contributed by atoms with Crippen molar-refractivity contribution in [3.8, 4) is 0 Å². The molecule has 3 N–H and O–H groups in total. The zero-order chi connectivity index (χ0) is 11.1. The molecule has 0 heterocycles. The van der Waals surface area contributed by atoms with Crippen LogP contribution in [0.15, 0.2) is 36.4 Å². The molecule has 2 heteroatoms. The fourth-order valence-electron chi connectivity index (χ4n) is 1.30. The standard InChI is InChI=1S/C13H18N2/c1-11(10-15-8-7-14)9-13-6-4-3-5-12(13)2/h3-6,9,15H,1-2,7-8,10,14H2/b13-9-. The Hall–Kier alpha value is -1.38. The summed E-state index contributed by atoms with van der Waals surface area (Å²) in [4.78, 5) is 0. The van der Waals surface area contributed by atoms with Gasteiger partial charge in [0.05, 0.1) is 0 Å². The molecule has 2 nitrogen and oxygen atoms in total. The largest absolute Gasteiger partial charge is 0.329 e. The summed E-state index contributed by atoms with van der Waals surface area (Å²) in [6, 6.07) is 8.01. The van der Waals surface area contributed by atoms with E-state index in [1.807, 2.05) is 30.3 Å². The van der Waals surface area contributed by atoms with Crippen molar-refractivity contribution in [3.05, 3.63) is 46.9 Å². The average molecular weight is 202 g/mol. The van der Waals surface area contributed by atoms with Crippen LogP contribution < -0.4 is 21.5 Å². The van der Waals surface area contributed by atoms with Crippen molar-refractivity contribution in [1.29, 1.82) is 0 Å². The Bertz CT molecular complexity index is 420. The summed E-state index contributed by atoms with van der Waals surface area (Å²) >= 11 is 0. The first kappa shape index (κ1) is 11.7. The molecule has 0 fully saturated rings. The van der Waals surface area contributed by atoms with Crippen molar-refractivity contribution in [3.63, 3.8) is 0 Å². The second-order valence-electron chi connectivity index (χ2n) is 3.47. The molecule has 1 rings (SSSR count). The maximum atomic E-state index is 5.38. The smallest absolute Gasteiger partial charge is 0.0200 e. The van der Waals surface area contributed by atoms with Crippen LogP contribution in [0, 0.1) is 0 Å². The van der Waals surface area contributed by atoms with Crippen LogP contribution in [0.2, 0.25) is 0 Å². The van der Waals surface area contributed by atoms with Gasteiger partial charge >= 0.3 is 0 Å². The third-order valence-electron chi connectivity index (χ3n) is 2.09. The van der Waals surface area contributed by atoms with Gasteiger partial charge in [0.2, 0.25) is 0 Å². The van der Waals surface area contributed by atoms with Gasteiger partial charge in [0.15, 0.2) is 0 Å². The van der Waals surface area contributed by atoms with Gasteiger partial charge in [-0.3, -0.25) is 0 Å². The van der Waals surface area contributed by atoms with E-state index in [1.54, 1.807) is 0 Å². The Morgan fingerprint density at radius 1 is 1.40 bits per heavy atom. The van der Waals surface area contributed by atoms with E-state index in [0.717, 1.165) is 29.1 Å². The minimum atomic E-state index is 0.652. The molecule has 0 amide bonds. The molecule has 0 spiro atoms. The highest BCUT2D eigenvalue weighted by Gasteiger charge is 1.89. The molecule has 15 heavy (non-hydrogen) atoms. The summed E-state index contributed by atoms with van der Waals surface area (Å²) in [5, 5.41) is 5.35. The third kappa shape index (κ3) is 4.11. The molecule has 0 saturated heterocycles. The number of hydrogen-bond donors (Lipinski definition) is 2. The fourth-order valence-corrected chi connectivity index (χ4v) is 1.30. The molecule has 0 atom stereocenters. The van der Waals surface area contributed by atoms with Gasteiger partial charge in [0.1, 0.15) is 0 Å². The number of hydrogen-bond acceptors (Lipinski definition) is 2. The van der Waals surface area contributed by atoms with Gasteiger partial charge in [-0.05, 0) is 16.0 Å². The normalized spacial score (nSPS) is 11.7. The molecule has 0 aliphatic rings. The lowest BCUT2D eigenvalue weighted by Gasteiger charge is -2.01. The SMILES string of the molecule is C=C(/C=c1/ccccc1=C)CNCCN. The van der Waals surface area contributed by atoms with Crippen molar-refractivity contribution in [2.24, 2.45) is 5.73 Å². The first-order valence-corrected chi connectivity index (χ1v) is 5.08. The number of nitrogens with two attached hydrogens (primary N) is 1. The molecule has 0 radical (unpaired) electrons. The van der Waals surface area contributed by atoms with Gasteiger partial charge < -0.3 is 11.1 Å². The van der Waals surface area contributed by atoms with Crippen LogP contribution in [0.4, 0.5) is 0 Å². The van der Waals surface area contributed by atoms with Crippen molar-refractivity contribution < 1.29 is 0 Å². The molecule has 0 aromatic heterocycles. The van der Waals surface area contributed by atoms with E-state index in [9.17, 15) is 0 Å². The van der Waals surface area contributed by atoms with Crippen LogP contribution in [-0.4, -0.2) is 19.6 Å². The predicted octanol–water partition coefficient (Wildman–Crippen LogP) is -0.0181. The molecule has 0 aliphatic heterocycles. The van der Waals surface area contributed by atoms with Crippen LogP contribution in [0.5, 0.6) is 0 Å². The number of nitrogens with one attached hydrogen (secondary N) is 1. The van der Waals surface area contributed by atoms with Gasteiger partial charge in [-0.15, -0.1) is 0 Å². The van der Waals surface area contributed by atoms with Gasteiger partial charge in [-0.25, -0.2) is 0 Å². The summed E-state index contributed by atoms with van der Waals surface area (Å²) in [5.41, 5.74) is 6.42. The van der Waals surface area contributed by atoms with Crippen molar-refractivity contribution in [2.45, 2.75) is 0 Å². The molecule has 0 saturated carbocycles. The van der Waals surface area contributed by atoms with Crippen LogP contribution in [-0.2, 0) is 0 Å². The summed E-state index contributed by atoms with van der Waals surface area (Å²) in [5.74, 6) is 0. The first-order valence-electron chi connectivity index (χ1n) is 5.08. The van der Waals surface area contributed by atoms with E-state index >= 15 is 0 Å². The molecule has 1 aromatic rings. The monoisotopic (exact) mass is 202 g/mol. The molecule has 0 unspecified atom stereocenters. The fraction of sp³-hybridized carbons (Fsp3) is 0.231. The lowest BCUT2D eigenvalue weighted by Crippen LogP contribution is -2.26. The lowest BCUT2D eigenvalue weighted by molar-refractivity contribution is 0.746. The highest BCUT2D eigenvalue weighted by Crippen LogP contribution is 1.87. The minimum Gasteiger partial charge on any atom is -0.329 e. The number of benzene rings is 1. The third-order valence-corrected chi connectivity index (χ3v) is 2.09. The Labute approximate surface area is 90.8 Å². The van der Waals surface area contributed by atoms with E-state index in [1.165, 1.54) is 0 Å². The van der Waals surface area contributed by atoms with Crippen LogP contribution in [0.25, 0.3) is 12.7 Å². The highest BCUT2D eigenvalue weighted by molar-refractivity contribution is 5.45. The van der Waals surface area contributed by atoms with E-state index in [4.69, 9.17) is 5.73 Å². The maximum absolute atomic E-state index is 5.38. The Balaban J connectivity index is 2.67. The molecule has 1 aromatic carbocycles. The second-order valence-corrected chi connectivity index (χ2v) is 3.47. The molecular formula is C13H18N2. The zero-order valence-electron chi connectivity index (χ0n) is 9.00. The zero-order valence-corrected chi connectivity index (χ0v) is 9.00. The van der Waals surface area contributed by atoms with Crippen LogP contribution in [0.3, 0.4) is 0 Å². The van der Waals surface area contributed by atoms with Crippen molar-refractivity contribution in [2.75, 3.05) is 19.6 Å². The first-order chi connectivity index (χ1) is 7.24. The summed E-state index contributed by atoms with van der Waals surface area (Å²) in [7, 11) is 0. The van der Waals surface area contributed by atoms with Gasteiger partial charge in [-0.1, -0.05) is 43.5 Å². The Morgan fingerprint density at radius 2 is 2.13 bits per heavy atom. The van der Waals surface area contributed by atoms with E-state index in [-0.39, 0.29) is 0 Å². The molecule has 0 bridgehead atoms. The van der Waals surface area contributed by atoms with Crippen molar-refractivity contribution >= 4 is 12.7 Å². The van der Waals surface area contributed by atoms with Gasteiger partial charge in [0, 0.05) is 19.6 Å². The summed E-state index contributed by atoms with van der Waals surface area (Å²) in [6.45, 7) is 10.2. The van der Waals surface area contributed by atoms with E-state index < -0.39 is 0 Å². The van der Waals surface area contributed by atoms with Gasteiger partial charge in [-0.2, -0.15) is 0 Å². The van der Waals surface area contributed by atoms with Crippen LogP contribution in [0.1, 0.15) is 0 Å². The Morgan fingerprint density at radius 3 is 2.80 bits per heavy atom. The molecule has 80 valence electrons. The maximum Gasteiger partial charge on any atom is 0.0200 e. The second kappa shape index (κ2) is 6.17.